The molecule has 27 heavy (non-hydrogen) atoms. The minimum Gasteiger partial charge on any atom is -0.519 e. The maximum atomic E-state index is 12.8. The van der Waals surface area contributed by atoms with Crippen LogP contribution in [0.5, 0.6) is 0 Å². The molecule has 0 saturated carbocycles. The zero-order valence-corrected chi connectivity index (χ0v) is 23.0. The summed E-state index contributed by atoms with van der Waals surface area (Å²) in [4.78, 5) is 12.8. The third-order valence-electron chi connectivity index (χ3n) is 5.93. The second-order valence-corrected chi connectivity index (χ2v) is 23.6. The van der Waals surface area contributed by atoms with Gasteiger partial charge >= 0.3 is 8.56 Å². The van der Waals surface area contributed by atoms with Crippen molar-refractivity contribution in [2.45, 2.75) is 84.5 Å². The van der Waals surface area contributed by atoms with E-state index in [1.54, 1.807) is 14.2 Å². The van der Waals surface area contributed by atoms with Gasteiger partial charge in [-0.05, 0) is 43.7 Å². The normalized spacial score (nSPS) is 15.1. The SMILES string of the molecule is CO[Si](C)(CCCN(CC(C)C(=O)O[Si](C)(C)C(C)(C)C)[Si](C)(C)C)OC. The molecular weight excluding hydrogens is 390 g/mol. The van der Waals surface area contributed by atoms with Crippen LogP contribution in [0.15, 0.2) is 0 Å². The smallest absolute Gasteiger partial charge is 0.334 e. The molecule has 0 aliphatic heterocycles. The molecule has 162 valence electrons. The zero-order valence-electron chi connectivity index (χ0n) is 20.0. The van der Waals surface area contributed by atoms with Crippen LogP contribution >= 0.6 is 0 Å². The first kappa shape index (κ1) is 27.0. The molecule has 0 aliphatic carbocycles. The Morgan fingerprint density at radius 1 is 1.00 bits per heavy atom. The van der Waals surface area contributed by atoms with E-state index in [9.17, 15) is 4.79 Å². The molecule has 0 N–H and O–H groups in total. The highest BCUT2D eigenvalue weighted by Crippen LogP contribution is 2.37. The Kier molecular flexibility index (Phi) is 10.2. The molecule has 0 aromatic rings. The molecule has 0 rings (SSSR count). The molecule has 1 unspecified atom stereocenters. The number of rotatable bonds is 11. The maximum Gasteiger partial charge on any atom is 0.334 e. The van der Waals surface area contributed by atoms with Crippen molar-refractivity contribution < 1.29 is 18.1 Å². The molecule has 0 bridgehead atoms. The van der Waals surface area contributed by atoms with E-state index < -0.39 is 25.1 Å². The molecule has 0 amide bonds. The predicted octanol–water partition coefficient (Wildman–Crippen LogP) is 5.06. The lowest BCUT2D eigenvalue weighted by Gasteiger charge is -2.39. The van der Waals surface area contributed by atoms with E-state index in [1.165, 1.54) is 0 Å². The van der Waals surface area contributed by atoms with Gasteiger partial charge < -0.3 is 17.8 Å². The van der Waals surface area contributed by atoms with Crippen molar-refractivity contribution in [2.24, 2.45) is 5.92 Å². The van der Waals surface area contributed by atoms with Crippen molar-refractivity contribution in [2.75, 3.05) is 27.3 Å². The van der Waals surface area contributed by atoms with Gasteiger partial charge in [0, 0.05) is 20.8 Å². The maximum absolute atomic E-state index is 12.8. The van der Waals surface area contributed by atoms with Crippen molar-refractivity contribution in [1.82, 2.24) is 4.57 Å². The molecule has 0 heterocycles. The average molecular weight is 436 g/mol. The quantitative estimate of drug-likeness (QED) is 0.424. The molecule has 0 radical (unpaired) electrons. The molecule has 1 atom stereocenters. The van der Waals surface area contributed by atoms with Crippen LogP contribution in [-0.4, -0.2) is 63.0 Å². The standard InChI is InChI=1S/C19H45NO4Si3/c1-17(18(21)24-26(10,11)19(2,3)4)16-20(25(7,8)9)14-13-15-27(12,22-5)23-6/h17H,13-16H2,1-12H3. The van der Waals surface area contributed by atoms with Gasteiger partial charge in [0.05, 0.1) is 5.92 Å². The van der Waals surface area contributed by atoms with Crippen LogP contribution in [0.1, 0.15) is 34.1 Å². The minimum absolute atomic E-state index is 0.0379. The molecular formula is C19H45NO4Si3. The Hall–Kier alpha value is 0.000649. The molecule has 8 heteroatoms. The highest BCUT2D eigenvalue weighted by atomic mass is 28.4. The molecule has 0 aromatic carbocycles. The van der Waals surface area contributed by atoms with E-state index in [2.05, 4.69) is 64.6 Å². The van der Waals surface area contributed by atoms with E-state index in [4.69, 9.17) is 13.3 Å². The largest absolute Gasteiger partial charge is 0.519 e. The fraction of sp³-hybridized carbons (Fsp3) is 0.947. The Morgan fingerprint density at radius 2 is 1.48 bits per heavy atom. The molecule has 5 nitrogen and oxygen atoms in total. The van der Waals surface area contributed by atoms with Crippen LogP contribution in [0, 0.1) is 5.92 Å². The van der Waals surface area contributed by atoms with Crippen LogP contribution in [0.4, 0.5) is 0 Å². The summed E-state index contributed by atoms with van der Waals surface area (Å²) >= 11 is 0. The van der Waals surface area contributed by atoms with Crippen LogP contribution in [0.2, 0.25) is 50.4 Å². The monoisotopic (exact) mass is 435 g/mol. The van der Waals surface area contributed by atoms with Gasteiger partial charge in [0.2, 0.25) is 0 Å². The van der Waals surface area contributed by atoms with E-state index >= 15 is 0 Å². The van der Waals surface area contributed by atoms with E-state index in [0.29, 0.717) is 0 Å². The fourth-order valence-corrected chi connectivity index (χ4v) is 6.53. The molecule has 0 spiro atoms. The van der Waals surface area contributed by atoms with Gasteiger partial charge in [-0.25, -0.2) is 0 Å². The van der Waals surface area contributed by atoms with Crippen molar-refractivity contribution in [1.29, 1.82) is 0 Å². The Labute approximate surface area is 171 Å². The third-order valence-corrected chi connectivity index (χ3v) is 15.5. The van der Waals surface area contributed by atoms with Crippen LogP contribution in [0.25, 0.3) is 0 Å². The number of carbonyl (C=O) groups is 1. The van der Waals surface area contributed by atoms with Gasteiger partial charge in [-0.15, -0.1) is 0 Å². The lowest BCUT2D eigenvalue weighted by Crippen LogP contribution is -2.51. The summed E-state index contributed by atoms with van der Waals surface area (Å²) in [6.07, 6.45) is 1.03. The summed E-state index contributed by atoms with van der Waals surface area (Å²) in [6.45, 7) is 23.6. The highest BCUT2D eigenvalue weighted by molar-refractivity contribution is 6.75. The van der Waals surface area contributed by atoms with E-state index in [-0.39, 0.29) is 16.9 Å². The lowest BCUT2D eigenvalue weighted by atomic mass is 10.2. The van der Waals surface area contributed by atoms with Gasteiger partial charge in [-0.1, -0.05) is 47.3 Å². The van der Waals surface area contributed by atoms with Crippen LogP contribution < -0.4 is 0 Å². The topological polar surface area (TPSA) is 48.0 Å². The summed E-state index contributed by atoms with van der Waals surface area (Å²) in [5.74, 6) is -0.155. The Bertz CT molecular complexity index is 469. The second kappa shape index (κ2) is 10.2. The second-order valence-electron chi connectivity index (χ2n) is 10.3. The molecule has 0 saturated heterocycles. The van der Waals surface area contributed by atoms with Crippen molar-refractivity contribution in [3.63, 3.8) is 0 Å². The van der Waals surface area contributed by atoms with E-state index in [1.807, 2.05) is 6.92 Å². The predicted molar refractivity (Wildman–Crippen MR) is 122 cm³/mol. The first-order chi connectivity index (χ1) is 12.0. The highest BCUT2D eigenvalue weighted by Gasteiger charge is 2.41. The van der Waals surface area contributed by atoms with Gasteiger partial charge in [-0.3, -0.25) is 4.79 Å². The summed E-state index contributed by atoms with van der Waals surface area (Å²) in [6, 6.07) is 0.962. The van der Waals surface area contributed by atoms with E-state index in [0.717, 1.165) is 25.6 Å². The average Bonchev–Trinajstić information content (AvgIpc) is 2.51. The third kappa shape index (κ3) is 8.91. The Balaban J connectivity index is 4.93. The van der Waals surface area contributed by atoms with Gasteiger partial charge in [0.25, 0.3) is 14.3 Å². The molecule has 0 aliphatic rings. The lowest BCUT2D eigenvalue weighted by molar-refractivity contribution is -0.139. The number of hydrogen-bond acceptors (Lipinski definition) is 5. The number of carbonyl (C=O) groups excluding carboxylic acids is 1. The summed E-state index contributed by atoms with van der Waals surface area (Å²) in [5.41, 5.74) is 0. The number of hydrogen-bond donors (Lipinski definition) is 0. The van der Waals surface area contributed by atoms with Gasteiger partial charge in [0.1, 0.15) is 8.24 Å². The summed E-state index contributed by atoms with van der Waals surface area (Å²) in [7, 11) is -2.16. The molecule has 0 aromatic heterocycles. The van der Waals surface area contributed by atoms with Crippen LogP contribution in [-0.2, 0) is 18.1 Å². The number of nitrogens with zero attached hydrogens (tertiary/aromatic N) is 1. The minimum atomic E-state index is -2.07. The van der Waals surface area contributed by atoms with Crippen LogP contribution in [0.3, 0.4) is 0 Å². The van der Waals surface area contributed by atoms with Crippen molar-refractivity contribution >= 4 is 31.1 Å². The molecule has 0 fully saturated rings. The Morgan fingerprint density at radius 3 is 1.85 bits per heavy atom. The van der Waals surface area contributed by atoms with Crippen molar-refractivity contribution in [3.05, 3.63) is 0 Å². The first-order valence-corrected chi connectivity index (χ1v) is 19.0. The zero-order chi connectivity index (χ0) is 21.7. The first-order valence-electron chi connectivity index (χ1n) is 10.1. The summed E-state index contributed by atoms with van der Waals surface area (Å²) < 4.78 is 19.7. The van der Waals surface area contributed by atoms with Gasteiger partial charge in [0.15, 0.2) is 0 Å². The fourth-order valence-electron chi connectivity index (χ4n) is 2.49. The summed E-state index contributed by atoms with van der Waals surface area (Å²) in [5, 5.41) is 0.0379. The van der Waals surface area contributed by atoms with Crippen molar-refractivity contribution in [3.8, 4) is 0 Å². The van der Waals surface area contributed by atoms with Gasteiger partial charge in [-0.2, -0.15) is 0 Å².